The summed E-state index contributed by atoms with van der Waals surface area (Å²) in [4.78, 5) is 0. The molecule has 0 amide bonds. The molecule has 0 saturated heterocycles. The van der Waals surface area contributed by atoms with Crippen LogP contribution >= 0.6 is 0 Å². The van der Waals surface area contributed by atoms with Gasteiger partial charge in [-0.15, -0.1) is 0 Å². The molecule has 13 heavy (non-hydrogen) atoms. The van der Waals surface area contributed by atoms with Gasteiger partial charge in [0.25, 0.3) is 0 Å². The van der Waals surface area contributed by atoms with E-state index in [9.17, 15) is 0 Å². The molecule has 0 aliphatic heterocycles. The minimum Gasteiger partial charge on any atom is -0.491 e. The first-order chi connectivity index (χ1) is 6.22. The number of nitriles is 1. The summed E-state index contributed by atoms with van der Waals surface area (Å²) in [5, 5.41) is 10.9. The van der Waals surface area contributed by atoms with Crippen molar-refractivity contribution in [1.29, 1.82) is 5.26 Å². The first kappa shape index (κ1) is 9.40. The highest BCUT2D eigenvalue weighted by atomic mass is 16.5. The predicted octanol–water partition coefficient (Wildman–Crippen LogP) is 2.37. The molecule has 0 fully saturated rings. The maximum Gasteiger partial charge on any atom is 0.181 e. The maximum atomic E-state index is 8.34. The van der Waals surface area contributed by atoms with Crippen LogP contribution in [0.2, 0.25) is 0 Å². The van der Waals surface area contributed by atoms with Gasteiger partial charge in [-0.3, -0.25) is 5.32 Å². The van der Waals surface area contributed by atoms with Crippen molar-refractivity contribution in [2.24, 2.45) is 0 Å². The number of hydrogen-bond donors (Lipinski definition) is 1. The van der Waals surface area contributed by atoms with E-state index in [0.29, 0.717) is 0 Å². The van der Waals surface area contributed by atoms with Gasteiger partial charge in [-0.05, 0) is 38.1 Å². The van der Waals surface area contributed by atoms with Gasteiger partial charge in [0.15, 0.2) is 6.19 Å². The van der Waals surface area contributed by atoms with Crippen molar-refractivity contribution < 1.29 is 4.74 Å². The van der Waals surface area contributed by atoms with Crippen LogP contribution in [-0.2, 0) is 0 Å². The second-order valence-corrected chi connectivity index (χ2v) is 2.93. The highest BCUT2D eigenvalue weighted by molar-refractivity contribution is 5.48. The molecule has 0 unspecified atom stereocenters. The van der Waals surface area contributed by atoms with E-state index in [4.69, 9.17) is 10.00 Å². The van der Waals surface area contributed by atoms with E-state index >= 15 is 0 Å². The van der Waals surface area contributed by atoms with Gasteiger partial charge >= 0.3 is 0 Å². The molecule has 1 N–H and O–H groups in total. The van der Waals surface area contributed by atoms with Crippen molar-refractivity contribution >= 4 is 5.69 Å². The van der Waals surface area contributed by atoms with Crippen LogP contribution in [0, 0.1) is 11.5 Å². The van der Waals surface area contributed by atoms with E-state index in [1.54, 1.807) is 12.1 Å². The zero-order valence-electron chi connectivity index (χ0n) is 7.74. The lowest BCUT2D eigenvalue weighted by molar-refractivity contribution is 0.242. The molecule has 3 nitrogen and oxygen atoms in total. The average Bonchev–Trinajstić information content (AvgIpc) is 2.08. The smallest absolute Gasteiger partial charge is 0.181 e. The van der Waals surface area contributed by atoms with Crippen LogP contribution in [0.15, 0.2) is 24.3 Å². The largest absolute Gasteiger partial charge is 0.491 e. The minimum atomic E-state index is 0.176. The van der Waals surface area contributed by atoms with Crippen molar-refractivity contribution in [3.8, 4) is 11.9 Å². The molecule has 1 rings (SSSR count). The topological polar surface area (TPSA) is 45.0 Å². The number of benzene rings is 1. The highest BCUT2D eigenvalue weighted by Crippen LogP contribution is 2.16. The van der Waals surface area contributed by atoms with E-state index in [0.717, 1.165) is 11.4 Å². The first-order valence-corrected chi connectivity index (χ1v) is 4.14. The molecule has 0 spiro atoms. The van der Waals surface area contributed by atoms with Gasteiger partial charge in [0.1, 0.15) is 5.75 Å². The monoisotopic (exact) mass is 176 g/mol. The van der Waals surface area contributed by atoms with Crippen molar-refractivity contribution in [3.05, 3.63) is 24.3 Å². The van der Waals surface area contributed by atoms with E-state index in [1.807, 2.05) is 32.2 Å². The Kier molecular flexibility index (Phi) is 3.15. The van der Waals surface area contributed by atoms with Crippen LogP contribution < -0.4 is 10.1 Å². The zero-order valence-corrected chi connectivity index (χ0v) is 7.74. The lowest BCUT2D eigenvalue weighted by Crippen LogP contribution is -2.05. The molecule has 3 heteroatoms. The van der Waals surface area contributed by atoms with Gasteiger partial charge in [-0.1, -0.05) is 0 Å². The summed E-state index contributed by atoms with van der Waals surface area (Å²) in [5.41, 5.74) is 0.776. The minimum absolute atomic E-state index is 0.176. The molecule has 0 aliphatic rings. The molecular formula is C10H12N2O. The maximum absolute atomic E-state index is 8.34. The summed E-state index contributed by atoms with van der Waals surface area (Å²) >= 11 is 0. The van der Waals surface area contributed by atoms with Crippen molar-refractivity contribution in [3.63, 3.8) is 0 Å². The number of ether oxygens (including phenoxy) is 1. The summed E-state index contributed by atoms with van der Waals surface area (Å²) in [5.74, 6) is 0.818. The van der Waals surface area contributed by atoms with Gasteiger partial charge in [0, 0.05) is 5.69 Å². The SMILES string of the molecule is CC(C)Oc1ccc(NC#N)cc1. The molecular weight excluding hydrogens is 164 g/mol. The highest BCUT2D eigenvalue weighted by Gasteiger charge is 1.96. The van der Waals surface area contributed by atoms with E-state index < -0.39 is 0 Å². The lowest BCUT2D eigenvalue weighted by atomic mass is 10.3. The quantitative estimate of drug-likeness (QED) is 0.568. The molecule has 1 aromatic carbocycles. The summed E-state index contributed by atoms with van der Waals surface area (Å²) in [6.45, 7) is 3.95. The molecule has 1 aromatic rings. The molecule has 0 bridgehead atoms. The van der Waals surface area contributed by atoms with E-state index in [1.165, 1.54) is 0 Å². The Morgan fingerprint density at radius 3 is 2.38 bits per heavy atom. The van der Waals surface area contributed by atoms with Gasteiger partial charge < -0.3 is 4.74 Å². The second kappa shape index (κ2) is 4.36. The van der Waals surface area contributed by atoms with Crippen LogP contribution in [-0.4, -0.2) is 6.10 Å². The normalized spacial score (nSPS) is 9.38. The van der Waals surface area contributed by atoms with Crippen molar-refractivity contribution in [1.82, 2.24) is 0 Å². The Balaban J connectivity index is 2.65. The van der Waals surface area contributed by atoms with Crippen LogP contribution in [0.25, 0.3) is 0 Å². The zero-order chi connectivity index (χ0) is 9.68. The Labute approximate surface area is 77.9 Å². The molecule has 0 saturated carbocycles. The fourth-order valence-electron chi connectivity index (χ4n) is 0.954. The third kappa shape index (κ3) is 3.04. The molecule has 0 radical (unpaired) electrons. The fourth-order valence-corrected chi connectivity index (χ4v) is 0.954. The molecule has 0 heterocycles. The third-order valence-corrected chi connectivity index (χ3v) is 1.43. The van der Waals surface area contributed by atoms with E-state index in [2.05, 4.69) is 5.32 Å². The predicted molar refractivity (Wildman–Crippen MR) is 51.4 cm³/mol. The summed E-state index contributed by atoms with van der Waals surface area (Å²) in [7, 11) is 0. The number of nitrogens with zero attached hydrogens (tertiary/aromatic N) is 1. The lowest BCUT2D eigenvalue weighted by Gasteiger charge is -2.09. The molecule has 68 valence electrons. The Morgan fingerprint density at radius 1 is 1.31 bits per heavy atom. The average molecular weight is 176 g/mol. The Morgan fingerprint density at radius 2 is 1.92 bits per heavy atom. The standard InChI is InChI=1S/C10H12N2O/c1-8(2)13-10-5-3-9(4-6-10)12-7-11/h3-6,8,12H,1-2H3. The van der Waals surface area contributed by atoms with Crippen LogP contribution in [0.5, 0.6) is 5.75 Å². The number of hydrogen-bond acceptors (Lipinski definition) is 3. The van der Waals surface area contributed by atoms with Crippen molar-refractivity contribution in [2.75, 3.05) is 5.32 Å². The summed E-state index contributed by atoms with van der Waals surface area (Å²) in [6, 6.07) is 7.28. The molecule has 0 atom stereocenters. The Hall–Kier alpha value is -1.69. The van der Waals surface area contributed by atoms with E-state index in [-0.39, 0.29) is 6.10 Å². The van der Waals surface area contributed by atoms with Gasteiger partial charge in [0.05, 0.1) is 6.10 Å². The molecule has 0 aliphatic carbocycles. The van der Waals surface area contributed by atoms with Crippen molar-refractivity contribution in [2.45, 2.75) is 20.0 Å². The number of nitrogens with one attached hydrogen (secondary N) is 1. The summed E-state index contributed by atoms with van der Waals surface area (Å²) in [6.07, 6.45) is 2.03. The number of anilines is 1. The second-order valence-electron chi connectivity index (χ2n) is 2.93. The van der Waals surface area contributed by atoms with Gasteiger partial charge in [-0.25, -0.2) is 0 Å². The van der Waals surface area contributed by atoms with Crippen LogP contribution in [0.1, 0.15) is 13.8 Å². The Bertz CT molecular complexity index is 298. The first-order valence-electron chi connectivity index (χ1n) is 4.14. The van der Waals surface area contributed by atoms with Gasteiger partial charge in [-0.2, -0.15) is 5.26 Å². The van der Waals surface area contributed by atoms with Crippen LogP contribution in [0.3, 0.4) is 0 Å². The number of rotatable bonds is 3. The van der Waals surface area contributed by atoms with Crippen LogP contribution in [0.4, 0.5) is 5.69 Å². The van der Waals surface area contributed by atoms with Gasteiger partial charge in [0.2, 0.25) is 0 Å². The third-order valence-electron chi connectivity index (χ3n) is 1.43. The summed E-state index contributed by atoms with van der Waals surface area (Å²) < 4.78 is 5.44. The molecule has 0 aromatic heterocycles. The fraction of sp³-hybridized carbons (Fsp3) is 0.300.